The van der Waals surface area contributed by atoms with Crippen molar-refractivity contribution in [3.8, 4) is 5.69 Å². The van der Waals surface area contributed by atoms with Gasteiger partial charge in [0.2, 0.25) is 0 Å². The van der Waals surface area contributed by atoms with Gasteiger partial charge in [0.05, 0.1) is 11.3 Å². The van der Waals surface area contributed by atoms with E-state index in [1.165, 1.54) is 16.6 Å². The van der Waals surface area contributed by atoms with Gasteiger partial charge in [0.15, 0.2) is 0 Å². The van der Waals surface area contributed by atoms with Crippen molar-refractivity contribution in [2.75, 3.05) is 26.2 Å². The molecule has 1 fully saturated rings. The monoisotopic (exact) mass is 348 g/mol. The van der Waals surface area contributed by atoms with Gasteiger partial charge in [0.1, 0.15) is 6.33 Å². The summed E-state index contributed by atoms with van der Waals surface area (Å²) in [6, 6.07) is 17.9. The molecule has 0 spiro atoms. The topological polar surface area (TPSA) is 67.2 Å². The molecule has 26 heavy (non-hydrogen) atoms. The largest absolute Gasteiger partial charge is 0.336 e. The number of aromatic nitrogens is 4. The normalized spacial score (nSPS) is 15.2. The van der Waals surface area contributed by atoms with Gasteiger partial charge in [-0.2, -0.15) is 4.68 Å². The zero-order valence-electron chi connectivity index (χ0n) is 14.4. The Hall–Kier alpha value is -3.06. The second kappa shape index (κ2) is 7.45. The number of hydrogen-bond donors (Lipinski definition) is 0. The van der Waals surface area contributed by atoms with Crippen molar-refractivity contribution >= 4 is 5.91 Å². The van der Waals surface area contributed by atoms with E-state index in [2.05, 4.69) is 44.7 Å². The first-order chi connectivity index (χ1) is 12.8. The molecule has 0 bridgehead atoms. The van der Waals surface area contributed by atoms with E-state index in [-0.39, 0.29) is 5.91 Å². The summed E-state index contributed by atoms with van der Waals surface area (Å²) in [6.07, 6.45) is 1.50. The minimum Gasteiger partial charge on any atom is -0.336 e. The molecule has 0 atom stereocenters. The lowest BCUT2D eigenvalue weighted by Crippen LogP contribution is -2.48. The van der Waals surface area contributed by atoms with Gasteiger partial charge in [-0.25, -0.2) is 0 Å². The predicted octanol–water partition coefficient (Wildman–Crippen LogP) is 1.62. The van der Waals surface area contributed by atoms with Crippen molar-refractivity contribution in [1.82, 2.24) is 30.0 Å². The molecular formula is C19H20N6O. The van der Waals surface area contributed by atoms with Crippen molar-refractivity contribution in [3.63, 3.8) is 0 Å². The highest BCUT2D eigenvalue weighted by Crippen LogP contribution is 2.17. The molecule has 1 amide bonds. The van der Waals surface area contributed by atoms with Gasteiger partial charge in [-0.15, -0.1) is 5.10 Å². The third-order valence-electron chi connectivity index (χ3n) is 4.64. The summed E-state index contributed by atoms with van der Waals surface area (Å²) >= 11 is 0. The Kier molecular flexibility index (Phi) is 4.70. The number of carbonyl (C=O) groups excluding carboxylic acids is 1. The lowest BCUT2D eigenvalue weighted by molar-refractivity contribution is 0.0628. The van der Waals surface area contributed by atoms with E-state index >= 15 is 0 Å². The predicted molar refractivity (Wildman–Crippen MR) is 96.8 cm³/mol. The van der Waals surface area contributed by atoms with Crippen LogP contribution in [0.3, 0.4) is 0 Å². The minimum atomic E-state index is 0.0236. The van der Waals surface area contributed by atoms with Crippen LogP contribution in [-0.2, 0) is 6.54 Å². The second-order valence-corrected chi connectivity index (χ2v) is 6.33. The molecule has 1 aliphatic heterocycles. The Balaban J connectivity index is 1.43. The fourth-order valence-corrected chi connectivity index (χ4v) is 3.25. The van der Waals surface area contributed by atoms with Crippen LogP contribution >= 0.6 is 0 Å². The van der Waals surface area contributed by atoms with Gasteiger partial charge in [0.25, 0.3) is 5.91 Å². The molecule has 1 aromatic heterocycles. The fraction of sp³-hybridized carbons (Fsp3) is 0.263. The van der Waals surface area contributed by atoms with Gasteiger partial charge in [-0.05, 0) is 28.1 Å². The molecule has 0 N–H and O–H groups in total. The highest BCUT2D eigenvalue weighted by molar-refractivity contribution is 5.97. The molecule has 2 aromatic carbocycles. The van der Waals surface area contributed by atoms with Crippen LogP contribution < -0.4 is 0 Å². The molecule has 7 heteroatoms. The van der Waals surface area contributed by atoms with Gasteiger partial charge < -0.3 is 4.90 Å². The first-order valence-electron chi connectivity index (χ1n) is 8.69. The number of hydrogen-bond acceptors (Lipinski definition) is 5. The fourth-order valence-electron chi connectivity index (χ4n) is 3.25. The van der Waals surface area contributed by atoms with Gasteiger partial charge in [-0.1, -0.05) is 42.5 Å². The Morgan fingerprint density at radius 3 is 2.38 bits per heavy atom. The Morgan fingerprint density at radius 2 is 1.65 bits per heavy atom. The van der Waals surface area contributed by atoms with E-state index in [1.54, 1.807) is 0 Å². The maximum atomic E-state index is 13.0. The van der Waals surface area contributed by atoms with E-state index < -0.39 is 0 Å². The molecule has 0 radical (unpaired) electrons. The molecule has 0 unspecified atom stereocenters. The van der Waals surface area contributed by atoms with Gasteiger partial charge >= 0.3 is 0 Å². The maximum Gasteiger partial charge on any atom is 0.256 e. The lowest BCUT2D eigenvalue weighted by Gasteiger charge is -2.35. The smallest absolute Gasteiger partial charge is 0.256 e. The average molecular weight is 348 g/mol. The molecule has 1 saturated heterocycles. The highest BCUT2D eigenvalue weighted by Gasteiger charge is 2.24. The third kappa shape index (κ3) is 3.48. The zero-order valence-corrected chi connectivity index (χ0v) is 14.4. The molecule has 0 aliphatic carbocycles. The molecule has 2 heterocycles. The zero-order chi connectivity index (χ0) is 17.8. The lowest BCUT2D eigenvalue weighted by atomic mass is 10.1. The summed E-state index contributed by atoms with van der Waals surface area (Å²) in [4.78, 5) is 17.3. The van der Waals surface area contributed by atoms with Crippen LogP contribution in [0.25, 0.3) is 5.69 Å². The van der Waals surface area contributed by atoms with Crippen molar-refractivity contribution < 1.29 is 4.79 Å². The molecular weight excluding hydrogens is 328 g/mol. The Bertz CT molecular complexity index is 857. The van der Waals surface area contributed by atoms with Crippen LogP contribution in [0.5, 0.6) is 0 Å². The van der Waals surface area contributed by atoms with Gasteiger partial charge in [0, 0.05) is 32.7 Å². The number of piperazine rings is 1. The molecule has 1 aliphatic rings. The molecule has 3 aromatic rings. The summed E-state index contributed by atoms with van der Waals surface area (Å²) in [7, 11) is 0. The van der Waals surface area contributed by atoms with Crippen LogP contribution in [0, 0.1) is 0 Å². The minimum absolute atomic E-state index is 0.0236. The SMILES string of the molecule is O=C(c1ccccc1-n1cnnn1)N1CCN(Cc2ccccc2)CC1. The van der Waals surface area contributed by atoms with Crippen LogP contribution in [0.2, 0.25) is 0 Å². The standard InChI is InChI=1S/C19H20N6O/c26-19(17-8-4-5-9-18(17)25-15-20-21-22-25)24-12-10-23(11-13-24)14-16-6-2-1-3-7-16/h1-9,15H,10-14H2. The number of amides is 1. The summed E-state index contributed by atoms with van der Waals surface area (Å²) < 4.78 is 1.53. The van der Waals surface area contributed by atoms with E-state index in [9.17, 15) is 4.79 Å². The van der Waals surface area contributed by atoms with E-state index in [0.29, 0.717) is 11.3 Å². The summed E-state index contributed by atoms with van der Waals surface area (Å²) in [6.45, 7) is 4.09. The van der Waals surface area contributed by atoms with E-state index in [0.717, 1.165) is 32.7 Å². The summed E-state index contributed by atoms with van der Waals surface area (Å²) in [5.74, 6) is 0.0236. The van der Waals surface area contributed by atoms with Crippen molar-refractivity contribution in [2.45, 2.75) is 6.54 Å². The van der Waals surface area contributed by atoms with E-state index in [1.807, 2.05) is 35.2 Å². The van der Waals surface area contributed by atoms with Crippen LogP contribution in [0.15, 0.2) is 60.9 Å². The molecule has 132 valence electrons. The molecule has 7 nitrogen and oxygen atoms in total. The summed E-state index contributed by atoms with van der Waals surface area (Å²) in [5.41, 5.74) is 2.63. The third-order valence-corrected chi connectivity index (χ3v) is 4.64. The highest BCUT2D eigenvalue weighted by atomic mass is 16.2. The van der Waals surface area contributed by atoms with Crippen molar-refractivity contribution in [1.29, 1.82) is 0 Å². The summed E-state index contributed by atoms with van der Waals surface area (Å²) in [5, 5.41) is 11.2. The molecule has 4 rings (SSSR count). The first-order valence-corrected chi connectivity index (χ1v) is 8.69. The first kappa shape index (κ1) is 16.4. The number of benzene rings is 2. The van der Waals surface area contributed by atoms with Gasteiger partial charge in [-0.3, -0.25) is 9.69 Å². The number of para-hydroxylation sites is 1. The number of tetrazole rings is 1. The number of carbonyl (C=O) groups is 1. The van der Waals surface area contributed by atoms with Crippen LogP contribution in [-0.4, -0.2) is 62.1 Å². The number of rotatable bonds is 4. The van der Waals surface area contributed by atoms with E-state index in [4.69, 9.17) is 0 Å². The molecule has 0 saturated carbocycles. The second-order valence-electron chi connectivity index (χ2n) is 6.33. The van der Waals surface area contributed by atoms with Crippen LogP contribution in [0.4, 0.5) is 0 Å². The Morgan fingerprint density at radius 1 is 0.923 bits per heavy atom. The van der Waals surface area contributed by atoms with Crippen molar-refractivity contribution in [3.05, 3.63) is 72.1 Å². The van der Waals surface area contributed by atoms with Crippen LogP contribution in [0.1, 0.15) is 15.9 Å². The quantitative estimate of drug-likeness (QED) is 0.717. The average Bonchev–Trinajstić information content (AvgIpc) is 3.24. The maximum absolute atomic E-state index is 13.0. The van der Waals surface area contributed by atoms with Crippen molar-refractivity contribution in [2.24, 2.45) is 0 Å². The number of nitrogens with zero attached hydrogens (tertiary/aromatic N) is 6. The Labute approximate surface area is 151 Å².